The quantitative estimate of drug-likeness (QED) is 0.701. The minimum Gasteiger partial charge on any atom is -0.298 e. The molecule has 1 nitrogen and oxygen atoms in total. The Morgan fingerprint density at radius 1 is 1.05 bits per heavy atom. The highest BCUT2D eigenvalue weighted by Crippen LogP contribution is 2.35. The molecule has 0 saturated carbocycles. The van der Waals surface area contributed by atoms with Crippen molar-refractivity contribution >= 4 is 17.9 Å². The van der Waals surface area contributed by atoms with Crippen molar-refractivity contribution in [3.05, 3.63) is 58.1 Å². The van der Waals surface area contributed by atoms with E-state index in [0.29, 0.717) is 22.4 Å². The van der Waals surface area contributed by atoms with Crippen molar-refractivity contribution in [2.75, 3.05) is 0 Å². The van der Waals surface area contributed by atoms with Crippen LogP contribution in [0, 0.1) is 6.92 Å². The number of carbonyl (C=O) groups is 1. The molecule has 0 amide bonds. The highest BCUT2D eigenvalue weighted by atomic mass is 35.5. The van der Waals surface area contributed by atoms with Crippen LogP contribution in [0.4, 0.5) is 13.2 Å². The summed E-state index contributed by atoms with van der Waals surface area (Å²) < 4.78 is 38.3. The second-order valence-corrected chi connectivity index (χ2v) is 4.81. The summed E-state index contributed by atoms with van der Waals surface area (Å²) in [7, 11) is 0. The predicted octanol–water partition coefficient (Wildman–Crippen LogP) is 5.15. The first-order valence-corrected chi connectivity index (χ1v) is 6.13. The normalized spacial score (nSPS) is 11.4. The summed E-state index contributed by atoms with van der Waals surface area (Å²) >= 11 is 5.83. The number of hydrogen-bond donors (Lipinski definition) is 0. The zero-order chi connectivity index (χ0) is 14.9. The lowest BCUT2D eigenvalue weighted by molar-refractivity contribution is -0.137. The molecule has 0 bridgehead atoms. The monoisotopic (exact) mass is 298 g/mol. The second-order valence-electron chi connectivity index (χ2n) is 4.38. The summed E-state index contributed by atoms with van der Waals surface area (Å²) in [6.07, 6.45) is -3.90. The Balaban J connectivity index is 2.67. The number of hydrogen-bond acceptors (Lipinski definition) is 1. The van der Waals surface area contributed by atoms with Gasteiger partial charge in [-0.3, -0.25) is 4.79 Å². The third kappa shape index (κ3) is 2.85. The standard InChI is InChI=1S/C15H10ClF3O/c1-9-6-12(16)4-5-13(9)14-7-11(15(17,18)19)3-2-10(14)8-20/h2-8H,1H3. The largest absolute Gasteiger partial charge is 0.416 e. The molecule has 0 fully saturated rings. The van der Waals surface area contributed by atoms with Crippen LogP contribution in [0.25, 0.3) is 11.1 Å². The van der Waals surface area contributed by atoms with Crippen LogP contribution >= 0.6 is 11.6 Å². The van der Waals surface area contributed by atoms with Gasteiger partial charge in [0.1, 0.15) is 0 Å². The molecule has 5 heteroatoms. The Bertz CT molecular complexity index is 663. The van der Waals surface area contributed by atoms with Gasteiger partial charge in [0.25, 0.3) is 0 Å². The van der Waals surface area contributed by atoms with E-state index in [1.54, 1.807) is 25.1 Å². The third-order valence-corrected chi connectivity index (χ3v) is 3.22. The molecule has 0 aliphatic carbocycles. The van der Waals surface area contributed by atoms with Crippen molar-refractivity contribution < 1.29 is 18.0 Å². The average molecular weight is 299 g/mol. The Morgan fingerprint density at radius 3 is 2.30 bits per heavy atom. The van der Waals surface area contributed by atoms with E-state index in [1.807, 2.05) is 0 Å². The van der Waals surface area contributed by atoms with Crippen LogP contribution in [-0.4, -0.2) is 6.29 Å². The molecule has 0 aromatic heterocycles. The molecule has 2 aromatic rings. The van der Waals surface area contributed by atoms with Gasteiger partial charge in [-0.2, -0.15) is 13.2 Å². The van der Waals surface area contributed by atoms with Gasteiger partial charge in [0.05, 0.1) is 5.56 Å². The molecular formula is C15H10ClF3O. The van der Waals surface area contributed by atoms with Crippen molar-refractivity contribution in [2.45, 2.75) is 13.1 Å². The van der Waals surface area contributed by atoms with Crippen LogP contribution in [0.1, 0.15) is 21.5 Å². The van der Waals surface area contributed by atoms with Crippen LogP contribution in [0.3, 0.4) is 0 Å². The van der Waals surface area contributed by atoms with Gasteiger partial charge >= 0.3 is 6.18 Å². The van der Waals surface area contributed by atoms with Crippen molar-refractivity contribution in [1.82, 2.24) is 0 Å². The van der Waals surface area contributed by atoms with E-state index >= 15 is 0 Å². The molecule has 0 aliphatic rings. The van der Waals surface area contributed by atoms with Gasteiger partial charge in [-0.1, -0.05) is 23.7 Å². The van der Waals surface area contributed by atoms with Crippen LogP contribution in [0.5, 0.6) is 0 Å². The van der Waals surface area contributed by atoms with Gasteiger partial charge in [0, 0.05) is 10.6 Å². The highest BCUT2D eigenvalue weighted by molar-refractivity contribution is 6.30. The molecule has 0 saturated heterocycles. The number of aldehydes is 1. The Labute approximate surface area is 119 Å². The predicted molar refractivity (Wildman–Crippen MR) is 72.0 cm³/mol. The van der Waals surface area contributed by atoms with Crippen molar-refractivity contribution in [1.29, 1.82) is 0 Å². The van der Waals surface area contributed by atoms with Crippen molar-refractivity contribution in [3.63, 3.8) is 0 Å². The zero-order valence-corrected chi connectivity index (χ0v) is 11.2. The average Bonchev–Trinajstić information content (AvgIpc) is 2.37. The first-order valence-electron chi connectivity index (χ1n) is 5.76. The molecule has 0 radical (unpaired) electrons. The smallest absolute Gasteiger partial charge is 0.298 e. The maximum atomic E-state index is 12.8. The number of aryl methyl sites for hydroxylation is 1. The van der Waals surface area contributed by atoms with Crippen molar-refractivity contribution in [2.24, 2.45) is 0 Å². The molecule has 0 unspecified atom stereocenters. The summed E-state index contributed by atoms with van der Waals surface area (Å²) in [5, 5.41) is 0.492. The second kappa shape index (κ2) is 5.29. The van der Waals surface area contributed by atoms with Gasteiger partial charge in [-0.15, -0.1) is 0 Å². The topological polar surface area (TPSA) is 17.1 Å². The van der Waals surface area contributed by atoms with Crippen LogP contribution < -0.4 is 0 Å². The fourth-order valence-corrected chi connectivity index (χ4v) is 2.22. The van der Waals surface area contributed by atoms with E-state index in [-0.39, 0.29) is 11.1 Å². The minimum atomic E-state index is -4.45. The van der Waals surface area contributed by atoms with E-state index in [2.05, 4.69) is 0 Å². The van der Waals surface area contributed by atoms with E-state index in [9.17, 15) is 18.0 Å². The molecule has 0 atom stereocenters. The van der Waals surface area contributed by atoms with Crippen LogP contribution in [0.15, 0.2) is 36.4 Å². The number of carbonyl (C=O) groups excluding carboxylic acids is 1. The van der Waals surface area contributed by atoms with Gasteiger partial charge in [-0.05, 0) is 47.9 Å². The van der Waals surface area contributed by atoms with Gasteiger partial charge in [-0.25, -0.2) is 0 Å². The Hall–Kier alpha value is -1.81. The third-order valence-electron chi connectivity index (χ3n) is 2.99. The molecule has 20 heavy (non-hydrogen) atoms. The minimum absolute atomic E-state index is 0.212. The summed E-state index contributed by atoms with van der Waals surface area (Å²) in [6, 6.07) is 7.91. The molecule has 2 aromatic carbocycles. The van der Waals surface area contributed by atoms with Gasteiger partial charge in [0.15, 0.2) is 6.29 Å². The van der Waals surface area contributed by atoms with Gasteiger partial charge < -0.3 is 0 Å². The zero-order valence-electron chi connectivity index (χ0n) is 10.5. The summed E-state index contributed by atoms with van der Waals surface area (Å²) in [6.45, 7) is 1.73. The Morgan fingerprint density at radius 2 is 1.75 bits per heavy atom. The van der Waals surface area contributed by atoms with E-state index < -0.39 is 11.7 Å². The lowest BCUT2D eigenvalue weighted by atomic mass is 9.94. The number of halogens is 4. The lowest BCUT2D eigenvalue weighted by Crippen LogP contribution is -2.06. The van der Waals surface area contributed by atoms with Crippen LogP contribution in [0.2, 0.25) is 5.02 Å². The number of benzene rings is 2. The van der Waals surface area contributed by atoms with Gasteiger partial charge in [0.2, 0.25) is 0 Å². The molecule has 0 N–H and O–H groups in total. The molecular weight excluding hydrogens is 289 g/mol. The van der Waals surface area contributed by atoms with Crippen LogP contribution in [-0.2, 0) is 6.18 Å². The van der Waals surface area contributed by atoms with E-state index in [4.69, 9.17) is 11.6 Å². The molecule has 0 aliphatic heterocycles. The highest BCUT2D eigenvalue weighted by Gasteiger charge is 2.31. The maximum absolute atomic E-state index is 12.8. The van der Waals surface area contributed by atoms with E-state index in [0.717, 1.165) is 12.1 Å². The van der Waals surface area contributed by atoms with E-state index in [1.165, 1.54) is 6.07 Å². The first kappa shape index (κ1) is 14.6. The molecule has 2 rings (SSSR count). The first-order chi connectivity index (χ1) is 9.32. The fraction of sp³-hybridized carbons (Fsp3) is 0.133. The number of rotatable bonds is 2. The SMILES string of the molecule is Cc1cc(Cl)ccc1-c1cc(C(F)(F)F)ccc1C=O. The fourth-order valence-electron chi connectivity index (χ4n) is 2.00. The maximum Gasteiger partial charge on any atom is 0.416 e. The number of alkyl halides is 3. The molecule has 0 spiro atoms. The molecule has 104 valence electrons. The molecule has 0 heterocycles. The Kier molecular flexibility index (Phi) is 3.86. The summed E-state index contributed by atoms with van der Waals surface area (Å²) in [5.74, 6) is 0. The lowest BCUT2D eigenvalue weighted by Gasteiger charge is -2.13. The van der Waals surface area contributed by atoms with Crippen molar-refractivity contribution in [3.8, 4) is 11.1 Å². The summed E-state index contributed by atoms with van der Waals surface area (Å²) in [4.78, 5) is 11.0. The summed E-state index contributed by atoms with van der Waals surface area (Å²) in [5.41, 5.74) is 0.947.